The lowest BCUT2D eigenvalue weighted by Gasteiger charge is -2.16. The molecule has 3 nitrogen and oxygen atoms in total. The third kappa shape index (κ3) is 3.51. The average Bonchev–Trinajstić information content (AvgIpc) is 2.67. The molecule has 1 aromatic heterocycles. The SMILES string of the molecule is CN(Cc1ccoc1)Cc1cc(N)cc(Cl)c1. The molecule has 0 saturated heterocycles. The fourth-order valence-electron chi connectivity index (χ4n) is 1.83. The van der Waals surface area contributed by atoms with Gasteiger partial charge in [0.25, 0.3) is 0 Å². The first-order valence-corrected chi connectivity index (χ1v) is 5.76. The number of hydrogen-bond donors (Lipinski definition) is 1. The highest BCUT2D eigenvalue weighted by atomic mass is 35.5. The van der Waals surface area contributed by atoms with Gasteiger partial charge in [0.2, 0.25) is 0 Å². The van der Waals surface area contributed by atoms with Crippen molar-refractivity contribution < 1.29 is 4.42 Å². The maximum Gasteiger partial charge on any atom is 0.0947 e. The number of halogens is 1. The first-order chi connectivity index (χ1) is 8.13. The number of rotatable bonds is 4. The molecule has 4 heteroatoms. The van der Waals surface area contributed by atoms with Gasteiger partial charge in [0.15, 0.2) is 0 Å². The van der Waals surface area contributed by atoms with Crippen molar-refractivity contribution in [3.63, 3.8) is 0 Å². The van der Waals surface area contributed by atoms with E-state index >= 15 is 0 Å². The number of nitrogen functional groups attached to an aromatic ring is 1. The molecule has 2 rings (SSSR count). The normalized spacial score (nSPS) is 11.0. The minimum atomic E-state index is 0.678. The van der Waals surface area contributed by atoms with Crippen molar-refractivity contribution in [3.05, 3.63) is 52.9 Å². The topological polar surface area (TPSA) is 42.4 Å². The number of nitrogens with zero attached hydrogens (tertiary/aromatic N) is 1. The van der Waals surface area contributed by atoms with Crippen LogP contribution in [0.1, 0.15) is 11.1 Å². The van der Waals surface area contributed by atoms with Gasteiger partial charge in [-0.1, -0.05) is 11.6 Å². The maximum atomic E-state index is 5.96. The number of furan rings is 1. The molecule has 0 aliphatic carbocycles. The second kappa shape index (κ2) is 5.25. The molecule has 0 unspecified atom stereocenters. The zero-order chi connectivity index (χ0) is 12.3. The van der Waals surface area contributed by atoms with Gasteiger partial charge in [0.1, 0.15) is 0 Å². The Bertz CT molecular complexity index is 462. The third-order valence-electron chi connectivity index (χ3n) is 2.46. The number of anilines is 1. The average molecular weight is 251 g/mol. The molecule has 0 bridgehead atoms. The molecule has 0 atom stereocenters. The Labute approximate surface area is 106 Å². The lowest BCUT2D eigenvalue weighted by molar-refractivity contribution is 0.318. The van der Waals surface area contributed by atoms with Gasteiger partial charge in [-0.3, -0.25) is 4.90 Å². The minimum absolute atomic E-state index is 0.678. The molecule has 0 aliphatic heterocycles. The smallest absolute Gasteiger partial charge is 0.0947 e. The molecule has 0 saturated carbocycles. The summed E-state index contributed by atoms with van der Waals surface area (Å²) in [4.78, 5) is 2.18. The van der Waals surface area contributed by atoms with Crippen molar-refractivity contribution >= 4 is 17.3 Å². The lowest BCUT2D eigenvalue weighted by Crippen LogP contribution is -2.16. The first-order valence-electron chi connectivity index (χ1n) is 5.38. The molecule has 17 heavy (non-hydrogen) atoms. The monoisotopic (exact) mass is 250 g/mol. The molecule has 0 amide bonds. The number of benzene rings is 1. The summed E-state index contributed by atoms with van der Waals surface area (Å²) < 4.78 is 5.04. The van der Waals surface area contributed by atoms with Crippen LogP contribution in [0.3, 0.4) is 0 Å². The second-order valence-corrected chi connectivity index (χ2v) is 4.63. The Balaban J connectivity index is 2.00. The summed E-state index contributed by atoms with van der Waals surface area (Å²) in [6, 6.07) is 7.59. The van der Waals surface area contributed by atoms with Crippen LogP contribution in [0.2, 0.25) is 5.02 Å². The van der Waals surface area contributed by atoms with Crippen molar-refractivity contribution in [3.8, 4) is 0 Å². The zero-order valence-corrected chi connectivity index (χ0v) is 10.4. The van der Waals surface area contributed by atoms with Gasteiger partial charge < -0.3 is 10.2 Å². The lowest BCUT2D eigenvalue weighted by atomic mass is 10.2. The first kappa shape index (κ1) is 12.0. The number of hydrogen-bond acceptors (Lipinski definition) is 3. The van der Waals surface area contributed by atoms with E-state index < -0.39 is 0 Å². The van der Waals surface area contributed by atoms with Crippen LogP contribution < -0.4 is 5.73 Å². The number of nitrogens with two attached hydrogens (primary N) is 1. The summed E-state index contributed by atoms with van der Waals surface area (Å²) in [5.41, 5.74) is 8.72. The summed E-state index contributed by atoms with van der Waals surface area (Å²) in [5.74, 6) is 0. The van der Waals surface area contributed by atoms with Crippen LogP contribution in [0.15, 0.2) is 41.2 Å². The van der Waals surface area contributed by atoms with Crippen LogP contribution in [0.5, 0.6) is 0 Å². The van der Waals surface area contributed by atoms with Gasteiger partial charge in [-0.15, -0.1) is 0 Å². The Morgan fingerprint density at radius 2 is 2.00 bits per heavy atom. The molecule has 0 fully saturated rings. The predicted octanol–water partition coefficient (Wildman–Crippen LogP) is 3.15. The molecular formula is C13H15ClN2O. The van der Waals surface area contributed by atoms with Crippen LogP contribution >= 0.6 is 11.6 Å². The van der Waals surface area contributed by atoms with E-state index in [4.69, 9.17) is 21.8 Å². The summed E-state index contributed by atoms with van der Waals surface area (Å²) >= 11 is 5.96. The minimum Gasteiger partial charge on any atom is -0.472 e. The van der Waals surface area contributed by atoms with Gasteiger partial charge in [-0.05, 0) is 36.9 Å². The van der Waals surface area contributed by atoms with E-state index in [0.29, 0.717) is 10.7 Å². The van der Waals surface area contributed by atoms with Gasteiger partial charge >= 0.3 is 0 Å². The highest BCUT2D eigenvalue weighted by Gasteiger charge is 2.04. The molecular weight excluding hydrogens is 236 g/mol. The van der Waals surface area contributed by atoms with E-state index in [9.17, 15) is 0 Å². The molecule has 1 heterocycles. The van der Waals surface area contributed by atoms with E-state index in [1.807, 2.05) is 25.2 Å². The van der Waals surface area contributed by atoms with E-state index in [-0.39, 0.29) is 0 Å². The standard InChI is InChI=1S/C13H15ClN2O/c1-16(7-10-2-3-17-9-10)8-11-4-12(14)6-13(15)5-11/h2-6,9H,7-8,15H2,1H3. The highest BCUT2D eigenvalue weighted by Crippen LogP contribution is 2.18. The second-order valence-electron chi connectivity index (χ2n) is 4.20. The molecule has 0 radical (unpaired) electrons. The van der Waals surface area contributed by atoms with Crippen LogP contribution in [-0.4, -0.2) is 11.9 Å². The zero-order valence-electron chi connectivity index (χ0n) is 9.69. The quantitative estimate of drug-likeness (QED) is 0.848. The fourth-order valence-corrected chi connectivity index (χ4v) is 2.09. The van der Waals surface area contributed by atoms with Crippen molar-refractivity contribution in [2.24, 2.45) is 0 Å². The molecule has 0 spiro atoms. The molecule has 2 N–H and O–H groups in total. The highest BCUT2D eigenvalue weighted by molar-refractivity contribution is 6.30. The van der Waals surface area contributed by atoms with Crippen molar-refractivity contribution in [1.29, 1.82) is 0 Å². The van der Waals surface area contributed by atoms with Crippen LogP contribution in [-0.2, 0) is 13.1 Å². The van der Waals surface area contributed by atoms with E-state index in [1.165, 1.54) is 0 Å². The van der Waals surface area contributed by atoms with E-state index in [2.05, 4.69) is 4.90 Å². The fraction of sp³-hybridized carbons (Fsp3) is 0.231. The predicted molar refractivity (Wildman–Crippen MR) is 69.7 cm³/mol. The largest absolute Gasteiger partial charge is 0.472 e. The van der Waals surface area contributed by atoms with Gasteiger partial charge in [0, 0.05) is 29.4 Å². The summed E-state index contributed by atoms with van der Waals surface area (Å²) in [7, 11) is 2.05. The summed E-state index contributed by atoms with van der Waals surface area (Å²) in [6.45, 7) is 1.64. The van der Waals surface area contributed by atoms with Crippen LogP contribution in [0.25, 0.3) is 0 Å². The van der Waals surface area contributed by atoms with Crippen molar-refractivity contribution in [1.82, 2.24) is 4.90 Å². The van der Waals surface area contributed by atoms with Crippen molar-refractivity contribution in [2.75, 3.05) is 12.8 Å². The van der Waals surface area contributed by atoms with Gasteiger partial charge in [0.05, 0.1) is 12.5 Å². The molecule has 1 aromatic carbocycles. The van der Waals surface area contributed by atoms with E-state index in [0.717, 1.165) is 24.2 Å². The third-order valence-corrected chi connectivity index (χ3v) is 2.68. The van der Waals surface area contributed by atoms with Gasteiger partial charge in [-0.2, -0.15) is 0 Å². The maximum absolute atomic E-state index is 5.96. The Kier molecular flexibility index (Phi) is 3.71. The summed E-state index contributed by atoms with van der Waals surface area (Å²) in [5, 5.41) is 0.678. The molecule has 0 aliphatic rings. The van der Waals surface area contributed by atoms with Gasteiger partial charge in [-0.25, -0.2) is 0 Å². The van der Waals surface area contributed by atoms with E-state index in [1.54, 1.807) is 18.6 Å². The van der Waals surface area contributed by atoms with Crippen molar-refractivity contribution in [2.45, 2.75) is 13.1 Å². The Morgan fingerprint density at radius 1 is 1.24 bits per heavy atom. The molecule has 2 aromatic rings. The Morgan fingerprint density at radius 3 is 2.65 bits per heavy atom. The van der Waals surface area contributed by atoms with Crippen LogP contribution in [0, 0.1) is 0 Å². The molecule has 90 valence electrons. The van der Waals surface area contributed by atoms with Crippen LogP contribution in [0.4, 0.5) is 5.69 Å². The Hall–Kier alpha value is -1.45. The summed E-state index contributed by atoms with van der Waals surface area (Å²) in [6.07, 6.45) is 3.43.